The first-order chi connectivity index (χ1) is 15.5. The summed E-state index contributed by atoms with van der Waals surface area (Å²) in [4.78, 5) is 19.8. The minimum atomic E-state index is -0.529. The molecular weight excluding hydrogens is 430 g/mol. The highest BCUT2D eigenvalue weighted by Gasteiger charge is 2.17. The third-order valence-electron chi connectivity index (χ3n) is 3.33. The van der Waals surface area contributed by atoms with Crippen molar-refractivity contribution in [2.45, 2.75) is 48.5 Å². The Kier molecular flexibility index (Phi) is 18.1. The maximum absolute atomic E-state index is 12.1. The standard InChI is InChI=1S/C17H18ClN5O3.3C2H6/c1-3-26-17(24)11-8-21-14(18)7-13(11)23-12-6-4-5-10(15(12)25-2)16(20)22-9-19;3*1-2/h4-9H,3H2,1-2H3,(H,21,23)(H3,19,20,22);3*1-2H3. The summed E-state index contributed by atoms with van der Waals surface area (Å²) in [6.07, 6.45) is 2.18. The first kappa shape index (κ1) is 31.1. The van der Waals surface area contributed by atoms with Crippen LogP contribution in [0, 0.1) is 5.41 Å². The summed E-state index contributed by atoms with van der Waals surface area (Å²) >= 11 is 5.96. The second kappa shape index (κ2) is 18.6. The number of carbonyl (C=O) groups excluding carboxylic acids is 1. The molecule has 0 fully saturated rings. The molecule has 2 rings (SSSR count). The average Bonchev–Trinajstić information content (AvgIpc) is 2.83. The minimum absolute atomic E-state index is 0.124. The first-order valence-corrected chi connectivity index (χ1v) is 11.0. The SMILES string of the molecule is CC.CC.CC.CCOC(=O)c1cnc(Cl)cc1Nc1cccc(C(N)=NC=N)c1OC. The average molecular weight is 466 g/mol. The van der Waals surface area contributed by atoms with E-state index in [1.165, 1.54) is 19.4 Å². The number of benzene rings is 1. The molecule has 1 heterocycles. The number of nitrogens with two attached hydrogens (primary N) is 1. The van der Waals surface area contributed by atoms with Gasteiger partial charge in [-0.3, -0.25) is 5.41 Å². The Morgan fingerprint density at radius 2 is 1.81 bits per heavy atom. The Morgan fingerprint density at radius 1 is 1.19 bits per heavy atom. The molecule has 9 heteroatoms. The Hall–Kier alpha value is -3.13. The molecule has 2 aromatic rings. The van der Waals surface area contributed by atoms with E-state index >= 15 is 0 Å². The van der Waals surface area contributed by atoms with Crippen LogP contribution in [-0.4, -0.2) is 36.8 Å². The van der Waals surface area contributed by atoms with E-state index in [0.717, 1.165) is 6.34 Å². The lowest BCUT2D eigenvalue weighted by Gasteiger charge is -2.16. The second-order valence-electron chi connectivity index (χ2n) is 4.93. The molecule has 0 saturated heterocycles. The van der Waals surface area contributed by atoms with Crippen molar-refractivity contribution in [2.24, 2.45) is 10.7 Å². The zero-order chi connectivity index (χ0) is 25.1. The van der Waals surface area contributed by atoms with Crippen LogP contribution in [0.15, 0.2) is 35.5 Å². The third kappa shape index (κ3) is 9.34. The highest BCUT2D eigenvalue weighted by atomic mass is 35.5. The van der Waals surface area contributed by atoms with Crippen LogP contribution in [0.5, 0.6) is 5.75 Å². The highest BCUT2D eigenvalue weighted by molar-refractivity contribution is 6.29. The molecule has 32 heavy (non-hydrogen) atoms. The van der Waals surface area contributed by atoms with Crippen LogP contribution in [0.3, 0.4) is 0 Å². The van der Waals surface area contributed by atoms with Gasteiger partial charge in [-0.25, -0.2) is 14.8 Å². The number of methoxy groups -OCH3 is 1. The number of nitrogens with zero attached hydrogens (tertiary/aromatic N) is 2. The molecule has 0 unspecified atom stereocenters. The number of halogens is 1. The fourth-order valence-electron chi connectivity index (χ4n) is 2.25. The summed E-state index contributed by atoms with van der Waals surface area (Å²) in [7, 11) is 1.48. The number of pyridine rings is 1. The number of rotatable bonds is 7. The van der Waals surface area contributed by atoms with Gasteiger partial charge < -0.3 is 20.5 Å². The van der Waals surface area contributed by atoms with E-state index in [9.17, 15) is 4.79 Å². The molecule has 0 amide bonds. The predicted molar refractivity (Wildman–Crippen MR) is 135 cm³/mol. The van der Waals surface area contributed by atoms with Crippen molar-refractivity contribution in [1.82, 2.24) is 4.98 Å². The van der Waals surface area contributed by atoms with Crippen LogP contribution in [-0.2, 0) is 4.74 Å². The van der Waals surface area contributed by atoms with Gasteiger partial charge in [0.1, 0.15) is 22.9 Å². The molecule has 0 aliphatic carbocycles. The first-order valence-electron chi connectivity index (χ1n) is 10.6. The largest absolute Gasteiger partial charge is 0.494 e. The van der Waals surface area contributed by atoms with Crippen LogP contribution in [0.2, 0.25) is 5.15 Å². The number of carbonyl (C=O) groups is 1. The fourth-order valence-corrected chi connectivity index (χ4v) is 2.40. The number of ether oxygens (including phenoxy) is 2. The fraction of sp³-hybridized carbons (Fsp3) is 0.391. The summed E-state index contributed by atoms with van der Waals surface area (Å²) in [5.41, 5.74) is 7.53. The van der Waals surface area contributed by atoms with Gasteiger partial charge in [0.05, 0.1) is 30.7 Å². The Bertz CT molecular complexity index is 858. The second-order valence-corrected chi connectivity index (χ2v) is 5.32. The Morgan fingerprint density at radius 3 is 2.34 bits per heavy atom. The zero-order valence-corrected chi connectivity index (χ0v) is 21.0. The van der Waals surface area contributed by atoms with E-state index in [0.29, 0.717) is 22.7 Å². The van der Waals surface area contributed by atoms with Crippen molar-refractivity contribution in [1.29, 1.82) is 5.41 Å². The molecule has 178 valence electrons. The molecule has 0 aliphatic rings. The summed E-state index contributed by atoms with van der Waals surface area (Å²) in [5.74, 6) is -0.00334. The minimum Gasteiger partial charge on any atom is -0.494 e. The zero-order valence-electron chi connectivity index (χ0n) is 20.2. The highest BCUT2D eigenvalue weighted by Crippen LogP contribution is 2.33. The number of aromatic nitrogens is 1. The van der Waals surface area contributed by atoms with E-state index in [1.54, 1.807) is 25.1 Å². The van der Waals surface area contributed by atoms with Gasteiger partial charge >= 0.3 is 5.97 Å². The number of para-hydroxylation sites is 1. The number of hydrogen-bond donors (Lipinski definition) is 3. The van der Waals surface area contributed by atoms with Crippen LogP contribution < -0.4 is 15.8 Å². The van der Waals surface area contributed by atoms with E-state index in [4.69, 9.17) is 32.2 Å². The van der Waals surface area contributed by atoms with Crippen molar-refractivity contribution in [3.63, 3.8) is 0 Å². The molecule has 0 atom stereocenters. The van der Waals surface area contributed by atoms with Gasteiger partial charge in [-0.05, 0) is 25.1 Å². The van der Waals surface area contributed by atoms with Gasteiger partial charge in [-0.2, -0.15) is 0 Å². The van der Waals surface area contributed by atoms with Crippen LogP contribution >= 0.6 is 11.6 Å². The van der Waals surface area contributed by atoms with Crippen molar-refractivity contribution >= 4 is 41.1 Å². The maximum atomic E-state index is 12.1. The molecule has 8 nitrogen and oxygen atoms in total. The van der Waals surface area contributed by atoms with Crippen LogP contribution in [0.1, 0.15) is 64.4 Å². The van der Waals surface area contributed by atoms with Crippen molar-refractivity contribution in [2.75, 3.05) is 19.0 Å². The lowest BCUT2D eigenvalue weighted by molar-refractivity contribution is 0.0527. The number of anilines is 2. The quantitative estimate of drug-likeness (QED) is 0.198. The maximum Gasteiger partial charge on any atom is 0.341 e. The van der Waals surface area contributed by atoms with Crippen molar-refractivity contribution < 1.29 is 14.3 Å². The van der Waals surface area contributed by atoms with Crippen molar-refractivity contribution in [3.05, 3.63) is 46.7 Å². The lowest BCUT2D eigenvalue weighted by Crippen LogP contribution is -2.15. The summed E-state index contributed by atoms with van der Waals surface area (Å²) in [5, 5.41) is 10.4. The number of amidine groups is 1. The van der Waals surface area contributed by atoms with Gasteiger partial charge in [-0.15, -0.1) is 0 Å². The van der Waals surface area contributed by atoms with Gasteiger partial charge in [0.15, 0.2) is 5.75 Å². The molecule has 4 N–H and O–H groups in total. The predicted octanol–water partition coefficient (Wildman–Crippen LogP) is 6.05. The molecule has 1 aromatic carbocycles. The lowest BCUT2D eigenvalue weighted by atomic mass is 10.1. The molecule has 0 bridgehead atoms. The Labute approximate surface area is 196 Å². The van der Waals surface area contributed by atoms with Crippen LogP contribution in [0.25, 0.3) is 0 Å². The van der Waals surface area contributed by atoms with E-state index < -0.39 is 5.97 Å². The number of nitrogens with one attached hydrogen (secondary N) is 2. The van der Waals surface area contributed by atoms with Crippen LogP contribution in [0.4, 0.5) is 11.4 Å². The third-order valence-corrected chi connectivity index (χ3v) is 3.54. The van der Waals surface area contributed by atoms with Gasteiger partial charge in [0, 0.05) is 6.20 Å². The van der Waals surface area contributed by atoms with E-state index in [2.05, 4.69) is 15.3 Å². The smallest absolute Gasteiger partial charge is 0.341 e. The molecule has 0 radical (unpaired) electrons. The van der Waals surface area contributed by atoms with E-state index in [1.807, 2.05) is 41.5 Å². The number of aliphatic imine (C=N–C) groups is 1. The molecule has 0 saturated carbocycles. The molecule has 1 aromatic heterocycles. The van der Waals surface area contributed by atoms with Gasteiger partial charge in [0.25, 0.3) is 0 Å². The normalized spacial score (nSPS) is 9.47. The molecular formula is C23H36ClN5O3. The number of esters is 1. The van der Waals surface area contributed by atoms with Crippen molar-refractivity contribution in [3.8, 4) is 5.75 Å². The summed E-state index contributed by atoms with van der Waals surface area (Å²) < 4.78 is 10.5. The number of hydrogen-bond acceptors (Lipinski definition) is 6. The Balaban J connectivity index is 0. The monoisotopic (exact) mass is 465 g/mol. The molecule has 0 aliphatic heterocycles. The topological polar surface area (TPSA) is 123 Å². The summed E-state index contributed by atoms with van der Waals surface area (Å²) in [6, 6.07) is 6.69. The summed E-state index contributed by atoms with van der Waals surface area (Å²) in [6.45, 7) is 13.9. The van der Waals surface area contributed by atoms with Gasteiger partial charge in [0.2, 0.25) is 0 Å². The van der Waals surface area contributed by atoms with Gasteiger partial charge in [-0.1, -0.05) is 59.2 Å². The van der Waals surface area contributed by atoms with E-state index in [-0.39, 0.29) is 23.2 Å². The molecule has 0 spiro atoms.